The van der Waals surface area contributed by atoms with Gasteiger partial charge in [-0.25, -0.2) is 4.79 Å². The van der Waals surface area contributed by atoms with Gasteiger partial charge in [0.2, 0.25) is 5.91 Å². The Morgan fingerprint density at radius 2 is 2.06 bits per heavy atom. The fourth-order valence-electron chi connectivity index (χ4n) is 2.44. The molecule has 6 heteroatoms. The van der Waals surface area contributed by atoms with Crippen molar-refractivity contribution in [1.29, 1.82) is 0 Å². The van der Waals surface area contributed by atoms with E-state index < -0.39 is 6.03 Å². The zero-order chi connectivity index (χ0) is 12.9. The van der Waals surface area contributed by atoms with E-state index in [0.29, 0.717) is 6.42 Å². The lowest BCUT2D eigenvalue weighted by molar-refractivity contribution is -0.118. The van der Waals surface area contributed by atoms with E-state index >= 15 is 0 Å². The van der Waals surface area contributed by atoms with Crippen molar-refractivity contribution in [3.63, 3.8) is 0 Å². The first-order valence-electron chi connectivity index (χ1n) is 5.56. The summed E-state index contributed by atoms with van der Waals surface area (Å²) in [7, 11) is 0. The van der Waals surface area contributed by atoms with Crippen LogP contribution >= 0.6 is 0 Å². The molecule has 0 spiro atoms. The first-order valence-corrected chi connectivity index (χ1v) is 5.56. The fraction of sp³-hybridized carbons (Fsp3) is 0.167. The monoisotopic (exact) mass is 244 g/mol. The van der Waals surface area contributed by atoms with Gasteiger partial charge in [0.15, 0.2) is 0 Å². The third-order valence-corrected chi connectivity index (χ3v) is 3.30. The Morgan fingerprint density at radius 3 is 2.72 bits per heavy atom. The first-order chi connectivity index (χ1) is 8.58. The third-order valence-electron chi connectivity index (χ3n) is 3.30. The molecular weight excluding hydrogens is 232 g/mol. The highest BCUT2D eigenvalue weighted by Crippen LogP contribution is 2.33. The molecule has 3 rings (SSSR count). The zero-order valence-electron chi connectivity index (χ0n) is 9.51. The minimum Gasteiger partial charge on any atom is -0.373 e. The molecule has 0 radical (unpaired) electrons. The molecule has 0 fully saturated rings. The molecule has 1 aromatic heterocycles. The molecule has 5 N–H and O–H groups in total. The van der Waals surface area contributed by atoms with Crippen molar-refractivity contribution in [1.82, 2.24) is 4.57 Å². The van der Waals surface area contributed by atoms with Crippen molar-refractivity contribution < 1.29 is 9.59 Å². The molecular formula is C12H12N4O2. The van der Waals surface area contributed by atoms with Gasteiger partial charge in [0.25, 0.3) is 0 Å². The van der Waals surface area contributed by atoms with Crippen LogP contribution in [-0.2, 0) is 11.2 Å². The Labute approximate surface area is 103 Å². The van der Waals surface area contributed by atoms with Crippen LogP contribution in [0.25, 0.3) is 10.9 Å². The number of carbonyl (C=O) groups excluding carboxylic acids is 2. The molecule has 1 unspecified atom stereocenters. The van der Waals surface area contributed by atoms with E-state index in [1.54, 1.807) is 12.3 Å². The van der Waals surface area contributed by atoms with Crippen LogP contribution in [0.1, 0.15) is 5.56 Å². The quantitative estimate of drug-likeness (QED) is 0.676. The number of nitrogens with two attached hydrogens (primary N) is 2. The molecule has 1 aliphatic heterocycles. The summed E-state index contributed by atoms with van der Waals surface area (Å²) in [4.78, 5) is 22.4. The highest BCUT2D eigenvalue weighted by molar-refractivity contribution is 5.98. The van der Waals surface area contributed by atoms with Crippen molar-refractivity contribution in [3.05, 3.63) is 30.0 Å². The van der Waals surface area contributed by atoms with Crippen LogP contribution < -0.4 is 16.8 Å². The van der Waals surface area contributed by atoms with Gasteiger partial charge in [0.1, 0.15) is 6.04 Å². The first kappa shape index (κ1) is 10.6. The normalized spacial score (nSPS) is 17.4. The number of hydrogen-bond donors (Lipinski definition) is 3. The fourth-order valence-corrected chi connectivity index (χ4v) is 2.44. The summed E-state index contributed by atoms with van der Waals surface area (Å²) in [6.45, 7) is 0. The average Bonchev–Trinajstić information content (AvgIpc) is 2.91. The number of aromatic nitrogens is 1. The minimum absolute atomic E-state index is 0.381. The van der Waals surface area contributed by atoms with Crippen LogP contribution in [0.4, 0.5) is 10.5 Å². The van der Waals surface area contributed by atoms with Gasteiger partial charge in [-0.2, -0.15) is 0 Å². The number of primary amides is 2. The van der Waals surface area contributed by atoms with Gasteiger partial charge in [-0.15, -0.1) is 0 Å². The third kappa shape index (κ3) is 1.35. The predicted octanol–water partition coefficient (Wildman–Crippen LogP) is 0.390. The SMILES string of the molecule is NC(=O)C1Cc2c(ccc3c2ccn3C(N)=O)N1. The van der Waals surface area contributed by atoms with Gasteiger partial charge in [-0.1, -0.05) is 0 Å². The number of nitrogens with one attached hydrogen (secondary N) is 1. The smallest absolute Gasteiger partial charge is 0.323 e. The molecule has 6 nitrogen and oxygen atoms in total. The second-order valence-electron chi connectivity index (χ2n) is 4.35. The largest absolute Gasteiger partial charge is 0.373 e. The van der Waals surface area contributed by atoms with Crippen molar-refractivity contribution in [2.24, 2.45) is 11.5 Å². The lowest BCUT2D eigenvalue weighted by Gasteiger charge is -2.04. The summed E-state index contributed by atoms with van der Waals surface area (Å²) in [5.74, 6) is -0.381. The Balaban J connectivity index is 2.16. The van der Waals surface area contributed by atoms with Gasteiger partial charge in [0, 0.05) is 23.7 Å². The van der Waals surface area contributed by atoms with Crippen LogP contribution in [0.2, 0.25) is 0 Å². The maximum atomic E-state index is 11.2. The Kier molecular flexibility index (Phi) is 2.07. The molecule has 0 bridgehead atoms. The maximum absolute atomic E-state index is 11.2. The molecule has 1 aliphatic rings. The number of benzene rings is 1. The van der Waals surface area contributed by atoms with Crippen LogP contribution in [0.15, 0.2) is 24.4 Å². The molecule has 2 heterocycles. The van der Waals surface area contributed by atoms with Gasteiger partial charge in [-0.05, 0) is 23.8 Å². The average molecular weight is 244 g/mol. The standard InChI is InChI=1S/C12H12N4O2/c13-11(17)9-5-7-6-3-4-16(12(14)18)10(6)2-1-8(7)15-9/h1-4,9,15H,5H2,(H2,13,17)(H2,14,18). The van der Waals surface area contributed by atoms with Crippen LogP contribution in [0, 0.1) is 0 Å². The number of anilines is 1. The van der Waals surface area contributed by atoms with E-state index in [2.05, 4.69) is 5.32 Å². The maximum Gasteiger partial charge on any atom is 0.323 e. The van der Waals surface area contributed by atoms with Crippen LogP contribution in [-0.4, -0.2) is 22.5 Å². The molecule has 18 heavy (non-hydrogen) atoms. The number of rotatable bonds is 1. The molecule has 0 saturated heterocycles. The zero-order valence-corrected chi connectivity index (χ0v) is 9.51. The predicted molar refractivity (Wildman–Crippen MR) is 67.2 cm³/mol. The molecule has 92 valence electrons. The van der Waals surface area contributed by atoms with Gasteiger partial charge in [0.05, 0.1) is 5.52 Å². The number of hydrogen-bond acceptors (Lipinski definition) is 3. The van der Waals surface area contributed by atoms with Crippen molar-refractivity contribution >= 4 is 28.5 Å². The summed E-state index contributed by atoms with van der Waals surface area (Å²) >= 11 is 0. The minimum atomic E-state index is -0.526. The molecule has 2 amide bonds. The van der Waals surface area contributed by atoms with Crippen molar-refractivity contribution in [2.45, 2.75) is 12.5 Å². The lowest BCUT2D eigenvalue weighted by Crippen LogP contribution is -2.33. The van der Waals surface area contributed by atoms with E-state index in [9.17, 15) is 9.59 Å². The van der Waals surface area contributed by atoms with Gasteiger partial charge in [-0.3, -0.25) is 9.36 Å². The Hall–Kier alpha value is -2.50. The lowest BCUT2D eigenvalue weighted by atomic mass is 10.1. The summed E-state index contributed by atoms with van der Waals surface area (Å²) in [6.07, 6.45) is 2.16. The van der Waals surface area contributed by atoms with E-state index in [-0.39, 0.29) is 11.9 Å². The number of carbonyl (C=O) groups is 2. The number of nitrogens with zero attached hydrogens (tertiary/aromatic N) is 1. The molecule has 1 atom stereocenters. The van der Waals surface area contributed by atoms with E-state index in [1.807, 2.05) is 12.1 Å². The van der Waals surface area contributed by atoms with E-state index in [4.69, 9.17) is 11.5 Å². The highest BCUT2D eigenvalue weighted by atomic mass is 16.2. The van der Waals surface area contributed by atoms with E-state index in [1.165, 1.54) is 4.57 Å². The number of fused-ring (bicyclic) bond motifs is 3. The van der Waals surface area contributed by atoms with Crippen molar-refractivity contribution in [2.75, 3.05) is 5.32 Å². The molecule has 0 aliphatic carbocycles. The molecule has 0 saturated carbocycles. The second-order valence-corrected chi connectivity index (χ2v) is 4.35. The Morgan fingerprint density at radius 1 is 1.28 bits per heavy atom. The van der Waals surface area contributed by atoms with Gasteiger partial charge >= 0.3 is 6.03 Å². The molecule has 1 aromatic carbocycles. The van der Waals surface area contributed by atoms with Gasteiger partial charge < -0.3 is 16.8 Å². The van der Waals surface area contributed by atoms with Crippen molar-refractivity contribution in [3.8, 4) is 0 Å². The second kappa shape index (κ2) is 3.49. The van der Waals surface area contributed by atoms with Crippen LogP contribution in [0.3, 0.4) is 0 Å². The number of amides is 2. The highest BCUT2D eigenvalue weighted by Gasteiger charge is 2.27. The summed E-state index contributed by atoms with van der Waals surface area (Å²) in [5.41, 5.74) is 13.2. The van der Waals surface area contributed by atoms with E-state index in [0.717, 1.165) is 22.2 Å². The summed E-state index contributed by atoms with van der Waals surface area (Å²) in [5, 5.41) is 3.98. The topological polar surface area (TPSA) is 103 Å². The molecule has 2 aromatic rings. The van der Waals surface area contributed by atoms with Crippen LogP contribution in [0.5, 0.6) is 0 Å². The Bertz CT molecular complexity index is 674. The summed E-state index contributed by atoms with van der Waals surface area (Å²) < 4.78 is 1.38. The summed E-state index contributed by atoms with van der Waals surface area (Å²) in [6, 6.07) is 4.55.